The maximum atomic E-state index is 6.19. The summed E-state index contributed by atoms with van der Waals surface area (Å²) in [5.74, 6) is 2.22. The second-order valence-electron chi connectivity index (χ2n) is 5.13. The number of hydrogen-bond donors (Lipinski definition) is 1. The minimum Gasteiger partial charge on any atom is -0.321 e. The Balaban J connectivity index is 1.92. The highest BCUT2D eigenvalue weighted by molar-refractivity contribution is 5.20. The molecule has 0 spiro atoms. The molecule has 2 fully saturated rings. The summed E-state index contributed by atoms with van der Waals surface area (Å²) in [6, 6.07) is 2.24. The molecule has 0 aliphatic heterocycles. The highest BCUT2D eigenvalue weighted by Gasteiger charge is 2.33. The summed E-state index contributed by atoms with van der Waals surface area (Å²) >= 11 is 0. The number of nitrogens with zero attached hydrogens (tertiary/aromatic N) is 2. The van der Waals surface area contributed by atoms with E-state index in [9.17, 15) is 0 Å². The number of hydrogen-bond acceptors (Lipinski definition) is 3. The van der Waals surface area contributed by atoms with Crippen LogP contribution < -0.4 is 5.73 Å². The SMILES string of the molecule is CCc1cc(C2CC2)nc(C(N)C2CC2)n1. The van der Waals surface area contributed by atoms with Gasteiger partial charge in [-0.1, -0.05) is 6.92 Å². The lowest BCUT2D eigenvalue weighted by atomic mass is 10.1. The molecule has 1 aromatic rings. The van der Waals surface area contributed by atoms with Crippen molar-refractivity contribution in [2.24, 2.45) is 11.7 Å². The first-order chi connectivity index (χ1) is 7.78. The minimum absolute atomic E-state index is 0.0731. The van der Waals surface area contributed by atoms with Gasteiger partial charge in [-0.05, 0) is 44.1 Å². The van der Waals surface area contributed by atoms with Crippen LogP contribution in [0.1, 0.15) is 61.8 Å². The van der Waals surface area contributed by atoms with Crippen molar-refractivity contribution in [1.82, 2.24) is 9.97 Å². The fourth-order valence-corrected chi connectivity index (χ4v) is 2.12. The Hall–Kier alpha value is -0.960. The van der Waals surface area contributed by atoms with Gasteiger partial charge in [0.1, 0.15) is 5.82 Å². The second-order valence-corrected chi connectivity index (χ2v) is 5.13. The molecule has 3 heteroatoms. The normalized spacial score (nSPS) is 22.1. The van der Waals surface area contributed by atoms with E-state index in [0.29, 0.717) is 11.8 Å². The van der Waals surface area contributed by atoms with E-state index in [-0.39, 0.29) is 6.04 Å². The maximum Gasteiger partial charge on any atom is 0.145 e. The van der Waals surface area contributed by atoms with Gasteiger partial charge in [0.05, 0.1) is 6.04 Å². The zero-order valence-corrected chi connectivity index (χ0v) is 9.82. The third-order valence-corrected chi connectivity index (χ3v) is 3.60. The van der Waals surface area contributed by atoms with Gasteiger partial charge in [-0.2, -0.15) is 0 Å². The summed E-state index contributed by atoms with van der Waals surface area (Å²) in [6.07, 6.45) is 6.06. The highest BCUT2D eigenvalue weighted by Crippen LogP contribution is 2.41. The van der Waals surface area contributed by atoms with Gasteiger partial charge in [0.25, 0.3) is 0 Å². The van der Waals surface area contributed by atoms with Crippen molar-refractivity contribution in [3.8, 4) is 0 Å². The van der Waals surface area contributed by atoms with Gasteiger partial charge in [0, 0.05) is 17.3 Å². The van der Waals surface area contributed by atoms with E-state index < -0.39 is 0 Å². The van der Waals surface area contributed by atoms with E-state index in [0.717, 1.165) is 17.9 Å². The smallest absolute Gasteiger partial charge is 0.145 e. The highest BCUT2D eigenvalue weighted by atomic mass is 15.0. The van der Waals surface area contributed by atoms with Crippen LogP contribution >= 0.6 is 0 Å². The predicted octanol–water partition coefficient (Wildman–Crippen LogP) is 2.33. The van der Waals surface area contributed by atoms with Gasteiger partial charge in [0.15, 0.2) is 0 Å². The molecule has 16 heavy (non-hydrogen) atoms. The van der Waals surface area contributed by atoms with Crippen molar-refractivity contribution in [2.75, 3.05) is 0 Å². The standard InChI is InChI=1S/C13H19N3/c1-2-10-7-11(8-3-4-8)16-13(15-10)12(14)9-5-6-9/h7-9,12H,2-6,14H2,1H3. The molecule has 1 atom stereocenters. The van der Waals surface area contributed by atoms with Gasteiger partial charge in [0.2, 0.25) is 0 Å². The van der Waals surface area contributed by atoms with Crippen molar-refractivity contribution in [3.05, 3.63) is 23.3 Å². The third-order valence-electron chi connectivity index (χ3n) is 3.60. The largest absolute Gasteiger partial charge is 0.321 e. The molecule has 3 nitrogen and oxygen atoms in total. The summed E-state index contributed by atoms with van der Waals surface area (Å²) in [5.41, 5.74) is 8.58. The molecule has 2 aliphatic carbocycles. The third kappa shape index (κ3) is 1.96. The summed E-state index contributed by atoms with van der Waals surface area (Å²) in [4.78, 5) is 9.26. The van der Waals surface area contributed by atoms with Crippen LogP contribution in [0.4, 0.5) is 0 Å². The second kappa shape index (κ2) is 3.81. The molecule has 3 rings (SSSR count). The maximum absolute atomic E-state index is 6.19. The lowest BCUT2D eigenvalue weighted by molar-refractivity contribution is 0.585. The molecule has 0 aromatic carbocycles. The summed E-state index contributed by atoms with van der Waals surface area (Å²) in [6.45, 7) is 2.14. The first-order valence-corrected chi connectivity index (χ1v) is 6.41. The van der Waals surface area contributed by atoms with E-state index in [1.807, 2.05) is 0 Å². The van der Waals surface area contributed by atoms with Gasteiger partial charge in [-0.25, -0.2) is 9.97 Å². The van der Waals surface area contributed by atoms with E-state index in [1.54, 1.807) is 0 Å². The summed E-state index contributed by atoms with van der Waals surface area (Å²) < 4.78 is 0. The molecule has 0 bridgehead atoms. The molecule has 2 saturated carbocycles. The minimum atomic E-state index is 0.0731. The van der Waals surface area contributed by atoms with Crippen LogP contribution in [0.15, 0.2) is 6.07 Å². The van der Waals surface area contributed by atoms with Crippen molar-refractivity contribution in [1.29, 1.82) is 0 Å². The lowest BCUT2D eigenvalue weighted by Gasteiger charge is -2.11. The zero-order chi connectivity index (χ0) is 11.1. The summed E-state index contributed by atoms with van der Waals surface area (Å²) in [7, 11) is 0. The van der Waals surface area contributed by atoms with Gasteiger partial charge in [-0.15, -0.1) is 0 Å². The fourth-order valence-electron chi connectivity index (χ4n) is 2.12. The molecule has 2 N–H and O–H groups in total. The first kappa shape index (κ1) is 10.2. The van der Waals surface area contributed by atoms with Crippen LogP contribution in [-0.2, 0) is 6.42 Å². The van der Waals surface area contributed by atoms with Gasteiger partial charge in [-0.3, -0.25) is 0 Å². The molecular formula is C13H19N3. The molecule has 1 unspecified atom stereocenters. The van der Waals surface area contributed by atoms with E-state index >= 15 is 0 Å². The predicted molar refractivity (Wildman–Crippen MR) is 63.0 cm³/mol. The van der Waals surface area contributed by atoms with Crippen LogP contribution in [0.3, 0.4) is 0 Å². The lowest BCUT2D eigenvalue weighted by Crippen LogP contribution is -2.17. The van der Waals surface area contributed by atoms with Crippen LogP contribution in [0.5, 0.6) is 0 Å². The fraction of sp³-hybridized carbons (Fsp3) is 0.692. The molecule has 1 aromatic heterocycles. The number of aryl methyl sites for hydroxylation is 1. The zero-order valence-electron chi connectivity index (χ0n) is 9.82. The van der Waals surface area contributed by atoms with Crippen LogP contribution in [0.2, 0.25) is 0 Å². The Morgan fingerprint density at radius 1 is 1.31 bits per heavy atom. The Morgan fingerprint density at radius 2 is 2.06 bits per heavy atom. The van der Waals surface area contributed by atoms with Crippen molar-refractivity contribution < 1.29 is 0 Å². The van der Waals surface area contributed by atoms with Crippen LogP contribution in [0, 0.1) is 5.92 Å². The average Bonchev–Trinajstić information content (AvgIpc) is 3.20. The Morgan fingerprint density at radius 3 is 2.62 bits per heavy atom. The first-order valence-electron chi connectivity index (χ1n) is 6.41. The van der Waals surface area contributed by atoms with Crippen LogP contribution in [0.25, 0.3) is 0 Å². The monoisotopic (exact) mass is 217 g/mol. The molecule has 0 amide bonds. The summed E-state index contributed by atoms with van der Waals surface area (Å²) in [5, 5.41) is 0. The topological polar surface area (TPSA) is 51.8 Å². The van der Waals surface area contributed by atoms with E-state index in [1.165, 1.54) is 31.4 Å². The van der Waals surface area contributed by atoms with Gasteiger partial charge < -0.3 is 5.73 Å². The van der Waals surface area contributed by atoms with E-state index in [2.05, 4.69) is 23.0 Å². The van der Waals surface area contributed by atoms with Crippen molar-refractivity contribution >= 4 is 0 Å². The average molecular weight is 217 g/mol. The molecule has 0 saturated heterocycles. The number of rotatable bonds is 4. The Kier molecular flexibility index (Phi) is 2.43. The quantitative estimate of drug-likeness (QED) is 0.842. The Labute approximate surface area is 96.5 Å². The van der Waals surface area contributed by atoms with Crippen LogP contribution in [-0.4, -0.2) is 9.97 Å². The molecule has 86 valence electrons. The van der Waals surface area contributed by atoms with Gasteiger partial charge >= 0.3 is 0 Å². The molecule has 0 radical (unpaired) electrons. The number of nitrogens with two attached hydrogens (primary N) is 1. The van der Waals surface area contributed by atoms with E-state index in [4.69, 9.17) is 5.73 Å². The molecule has 1 heterocycles. The Bertz CT molecular complexity index is 394. The van der Waals surface area contributed by atoms with Crippen molar-refractivity contribution in [3.63, 3.8) is 0 Å². The number of aromatic nitrogens is 2. The van der Waals surface area contributed by atoms with Crippen molar-refractivity contribution in [2.45, 2.75) is 51.0 Å². The molecular weight excluding hydrogens is 198 g/mol. The molecule has 2 aliphatic rings.